The number of H-pyrrole nitrogens is 1. The van der Waals surface area contributed by atoms with Crippen LogP contribution < -0.4 is 11.1 Å². The van der Waals surface area contributed by atoms with E-state index in [2.05, 4.69) is 20.5 Å². The number of anilines is 2. The first kappa shape index (κ1) is 14.4. The number of thioether (sulfide) groups is 1. The number of aromatic nitrogens is 3. The summed E-state index contributed by atoms with van der Waals surface area (Å²) in [6.07, 6.45) is 0. The van der Waals surface area contributed by atoms with Crippen molar-refractivity contribution in [3.63, 3.8) is 0 Å². The van der Waals surface area contributed by atoms with Crippen LogP contribution in [0.25, 0.3) is 10.8 Å². The monoisotopic (exact) mass is 313 g/mol. The molecule has 6 nitrogen and oxygen atoms in total. The number of rotatable bonds is 4. The molecule has 1 amide bonds. The second-order valence-corrected chi connectivity index (χ2v) is 6.09. The van der Waals surface area contributed by atoms with Crippen molar-refractivity contribution in [2.75, 3.05) is 11.1 Å². The Morgan fingerprint density at radius 2 is 2.05 bits per heavy atom. The van der Waals surface area contributed by atoms with Crippen molar-refractivity contribution in [1.29, 1.82) is 0 Å². The molecule has 0 aliphatic carbocycles. The molecule has 4 N–H and O–H groups in total. The van der Waals surface area contributed by atoms with Gasteiger partial charge in [-0.1, -0.05) is 48.2 Å². The van der Waals surface area contributed by atoms with Crippen molar-refractivity contribution < 1.29 is 4.79 Å². The molecule has 0 saturated carbocycles. The maximum absolute atomic E-state index is 12.3. The zero-order chi connectivity index (χ0) is 15.5. The number of nitrogens with one attached hydrogen (secondary N) is 2. The predicted molar refractivity (Wildman–Crippen MR) is 88.7 cm³/mol. The predicted octanol–water partition coefficient (Wildman–Crippen LogP) is 2.66. The van der Waals surface area contributed by atoms with Crippen molar-refractivity contribution in [1.82, 2.24) is 15.2 Å². The summed E-state index contributed by atoms with van der Waals surface area (Å²) in [5, 5.41) is 11.6. The highest BCUT2D eigenvalue weighted by Crippen LogP contribution is 2.25. The number of amides is 1. The molecule has 3 aromatic rings. The Labute approximate surface area is 131 Å². The molecule has 7 heteroatoms. The fraction of sp³-hybridized carbons (Fsp3) is 0.133. The van der Waals surface area contributed by atoms with E-state index in [1.807, 2.05) is 42.5 Å². The quantitative estimate of drug-likeness (QED) is 0.643. The summed E-state index contributed by atoms with van der Waals surface area (Å²) in [7, 11) is 0. The first-order valence-corrected chi connectivity index (χ1v) is 7.64. The molecule has 0 radical (unpaired) electrons. The van der Waals surface area contributed by atoms with Crippen LogP contribution in [0.1, 0.15) is 6.92 Å². The molecule has 1 heterocycles. The molecule has 1 aromatic heterocycles. The second kappa shape index (κ2) is 6.07. The summed E-state index contributed by atoms with van der Waals surface area (Å²) in [5.74, 6) is 0.133. The first-order chi connectivity index (χ1) is 10.6. The standard InChI is InChI=1S/C15H15N5OS/c1-9(22-15-18-14(16)19-20-15)13(21)17-12-8-4-6-10-5-2-3-7-11(10)12/h2-9H,1H3,(H,17,21)(H3,16,18,19,20). The van der Waals surface area contributed by atoms with E-state index in [4.69, 9.17) is 5.73 Å². The number of benzene rings is 2. The number of hydrogen-bond acceptors (Lipinski definition) is 5. The lowest BCUT2D eigenvalue weighted by atomic mass is 10.1. The normalized spacial score (nSPS) is 12.2. The van der Waals surface area contributed by atoms with Gasteiger partial charge < -0.3 is 11.1 Å². The third-order valence-corrected chi connectivity index (χ3v) is 4.14. The minimum absolute atomic E-state index is 0.107. The van der Waals surface area contributed by atoms with Gasteiger partial charge in [0, 0.05) is 11.1 Å². The van der Waals surface area contributed by atoms with E-state index in [0.717, 1.165) is 16.5 Å². The first-order valence-electron chi connectivity index (χ1n) is 6.76. The highest BCUT2D eigenvalue weighted by atomic mass is 32.2. The van der Waals surface area contributed by atoms with Crippen LogP contribution in [0.4, 0.5) is 11.6 Å². The zero-order valence-corrected chi connectivity index (χ0v) is 12.7. The maximum Gasteiger partial charge on any atom is 0.237 e. The number of nitrogen functional groups attached to an aromatic ring is 1. The highest BCUT2D eigenvalue weighted by molar-refractivity contribution is 8.00. The lowest BCUT2D eigenvalue weighted by Crippen LogP contribution is -2.22. The largest absolute Gasteiger partial charge is 0.368 e. The van der Waals surface area contributed by atoms with E-state index < -0.39 is 0 Å². The molecular formula is C15H15N5OS. The number of carbonyl (C=O) groups is 1. The average molecular weight is 313 g/mol. The zero-order valence-electron chi connectivity index (χ0n) is 11.9. The van der Waals surface area contributed by atoms with Gasteiger partial charge in [-0.05, 0) is 18.4 Å². The Morgan fingerprint density at radius 3 is 2.82 bits per heavy atom. The van der Waals surface area contributed by atoms with Gasteiger partial charge in [-0.25, -0.2) is 5.10 Å². The van der Waals surface area contributed by atoms with Crippen LogP contribution in [0.3, 0.4) is 0 Å². The van der Waals surface area contributed by atoms with Crippen molar-refractivity contribution >= 4 is 40.1 Å². The van der Waals surface area contributed by atoms with Crippen LogP contribution in [0, 0.1) is 0 Å². The van der Waals surface area contributed by atoms with Crippen molar-refractivity contribution in [2.45, 2.75) is 17.3 Å². The van der Waals surface area contributed by atoms with Gasteiger partial charge in [0.15, 0.2) is 0 Å². The van der Waals surface area contributed by atoms with Crippen LogP contribution in [-0.4, -0.2) is 26.3 Å². The molecule has 0 saturated heterocycles. The molecule has 22 heavy (non-hydrogen) atoms. The summed E-state index contributed by atoms with van der Waals surface area (Å²) in [5.41, 5.74) is 6.27. The lowest BCUT2D eigenvalue weighted by molar-refractivity contribution is -0.115. The minimum atomic E-state index is -0.339. The van der Waals surface area contributed by atoms with E-state index in [1.165, 1.54) is 11.8 Å². The van der Waals surface area contributed by atoms with Crippen molar-refractivity contribution in [3.8, 4) is 0 Å². The van der Waals surface area contributed by atoms with E-state index in [-0.39, 0.29) is 17.1 Å². The van der Waals surface area contributed by atoms with Gasteiger partial charge in [0.25, 0.3) is 0 Å². The Bertz CT molecular complexity index is 811. The molecule has 112 valence electrons. The van der Waals surface area contributed by atoms with Crippen LogP contribution in [0.5, 0.6) is 0 Å². The molecule has 0 bridgehead atoms. The van der Waals surface area contributed by atoms with Gasteiger partial charge >= 0.3 is 0 Å². The van der Waals surface area contributed by atoms with E-state index in [0.29, 0.717) is 5.16 Å². The fourth-order valence-electron chi connectivity index (χ4n) is 2.09. The van der Waals surface area contributed by atoms with Crippen molar-refractivity contribution in [2.24, 2.45) is 0 Å². The topological polar surface area (TPSA) is 96.7 Å². The smallest absolute Gasteiger partial charge is 0.237 e. The van der Waals surface area contributed by atoms with Crippen LogP contribution >= 0.6 is 11.8 Å². The van der Waals surface area contributed by atoms with Crippen LogP contribution in [0.2, 0.25) is 0 Å². The molecular weight excluding hydrogens is 298 g/mol. The third-order valence-electron chi connectivity index (χ3n) is 3.18. The van der Waals surface area contributed by atoms with Gasteiger partial charge in [-0.3, -0.25) is 4.79 Å². The van der Waals surface area contributed by atoms with E-state index in [1.54, 1.807) is 6.92 Å². The molecule has 2 aromatic carbocycles. The van der Waals surface area contributed by atoms with Crippen molar-refractivity contribution in [3.05, 3.63) is 42.5 Å². The lowest BCUT2D eigenvalue weighted by Gasteiger charge is -2.12. The number of aromatic amines is 1. The number of carbonyl (C=O) groups excluding carboxylic acids is 1. The SMILES string of the molecule is CC(Sc1n[nH]c(N)n1)C(=O)Nc1cccc2ccccc12. The minimum Gasteiger partial charge on any atom is -0.368 e. The molecule has 1 atom stereocenters. The Hall–Kier alpha value is -2.54. The molecule has 0 aliphatic heterocycles. The fourth-order valence-corrected chi connectivity index (χ4v) is 2.82. The summed E-state index contributed by atoms with van der Waals surface area (Å²) < 4.78 is 0. The number of nitrogens with zero attached hydrogens (tertiary/aromatic N) is 2. The summed E-state index contributed by atoms with van der Waals surface area (Å²) >= 11 is 1.25. The van der Waals surface area contributed by atoms with Gasteiger partial charge in [0.05, 0.1) is 5.25 Å². The van der Waals surface area contributed by atoms with Gasteiger partial charge in [-0.2, -0.15) is 4.98 Å². The number of nitrogens with two attached hydrogens (primary N) is 1. The highest BCUT2D eigenvalue weighted by Gasteiger charge is 2.17. The second-order valence-electron chi connectivity index (χ2n) is 4.78. The Morgan fingerprint density at radius 1 is 1.27 bits per heavy atom. The summed E-state index contributed by atoms with van der Waals surface area (Å²) in [6.45, 7) is 1.80. The van der Waals surface area contributed by atoms with E-state index in [9.17, 15) is 4.79 Å². The van der Waals surface area contributed by atoms with Gasteiger partial charge in [0.1, 0.15) is 0 Å². The third kappa shape index (κ3) is 3.04. The van der Waals surface area contributed by atoms with E-state index >= 15 is 0 Å². The Balaban J connectivity index is 1.75. The number of fused-ring (bicyclic) bond motifs is 1. The van der Waals surface area contributed by atoms with Crippen LogP contribution in [0.15, 0.2) is 47.6 Å². The summed E-state index contributed by atoms with van der Waals surface area (Å²) in [6, 6.07) is 13.7. The average Bonchev–Trinajstić information content (AvgIpc) is 2.92. The summed E-state index contributed by atoms with van der Waals surface area (Å²) in [4.78, 5) is 16.3. The molecule has 0 spiro atoms. The van der Waals surface area contributed by atoms with Gasteiger partial charge in [0.2, 0.25) is 17.0 Å². The molecule has 1 unspecified atom stereocenters. The number of hydrogen-bond donors (Lipinski definition) is 3. The van der Waals surface area contributed by atoms with Gasteiger partial charge in [-0.15, -0.1) is 5.10 Å². The molecule has 3 rings (SSSR count). The maximum atomic E-state index is 12.3. The molecule has 0 fully saturated rings. The van der Waals surface area contributed by atoms with Crippen LogP contribution in [-0.2, 0) is 4.79 Å². The Kier molecular flexibility index (Phi) is 3.97. The molecule has 0 aliphatic rings.